The molecule has 0 atom stereocenters. The molecule has 0 spiro atoms. The third-order valence-electron chi connectivity index (χ3n) is 6.45. The second-order valence-electron chi connectivity index (χ2n) is 10.0. The number of hydrogen-bond donors (Lipinski definition) is 0. The SMILES string of the molecule is C/C=C(/CCC(C)C)c1cc2cccc(C)c2o1.C=C(C)c1cc(-c2cccc(C)c2)ccc1C.CC. The van der Waals surface area contributed by atoms with E-state index in [1.54, 1.807) is 0 Å². The van der Waals surface area contributed by atoms with Gasteiger partial charge in [0.25, 0.3) is 0 Å². The molecular formula is C36H46O. The van der Waals surface area contributed by atoms with E-state index in [2.05, 4.69) is 128 Å². The van der Waals surface area contributed by atoms with E-state index in [9.17, 15) is 0 Å². The molecule has 0 bridgehead atoms. The minimum atomic E-state index is 0.728. The Labute approximate surface area is 225 Å². The molecule has 0 saturated carbocycles. The van der Waals surface area contributed by atoms with Crippen LogP contribution in [0.1, 0.15) is 82.4 Å². The molecule has 0 aliphatic rings. The molecule has 37 heavy (non-hydrogen) atoms. The summed E-state index contributed by atoms with van der Waals surface area (Å²) < 4.78 is 6.02. The first-order valence-electron chi connectivity index (χ1n) is 13.7. The van der Waals surface area contributed by atoms with Gasteiger partial charge >= 0.3 is 0 Å². The second kappa shape index (κ2) is 14.4. The number of furan rings is 1. The van der Waals surface area contributed by atoms with Crippen molar-refractivity contribution in [2.75, 3.05) is 0 Å². The molecule has 1 heterocycles. The largest absolute Gasteiger partial charge is 0.456 e. The summed E-state index contributed by atoms with van der Waals surface area (Å²) in [5, 5.41) is 1.20. The fourth-order valence-electron chi connectivity index (χ4n) is 4.31. The van der Waals surface area contributed by atoms with Crippen LogP contribution in [0.4, 0.5) is 0 Å². The monoisotopic (exact) mass is 494 g/mol. The molecule has 0 amide bonds. The van der Waals surface area contributed by atoms with Gasteiger partial charge in [0, 0.05) is 5.39 Å². The third-order valence-corrected chi connectivity index (χ3v) is 6.45. The van der Waals surface area contributed by atoms with Crippen molar-refractivity contribution in [1.29, 1.82) is 0 Å². The van der Waals surface area contributed by atoms with Gasteiger partial charge in [-0.2, -0.15) is 0 Å². The standard InChI is InChI=1S/C17H22O.C17H18.C2H6/c1-5-14(10-9-12(2)3)16-11-15-8-6-7-13(4)17(15)18-16;1-12(2)17-11-16(9-8-14(17)4)15-7-5-6-13(3)10-15;1-2/h5-8,11-12H,9-10H2,1-4H3;5-11H,1H2,2-4H3;1-2H3/b14-5-;;. The number of allylic oxidation sites excluding steroid dienone is 3. The van der Waals surface area contributed by atoms with Crippen molar-refractivity contribution in [3.63, 3.8) is 0 Å². The maximum absolute atomic E-state index is 6.02. The van der Waals surface area contributed by atoms with Crippen LogP contribution in [0.2, 0.25) is 0 Å². The summed E-state index contributed by atoms with van der Waals surface area (Å²) in [6.45, 7) is 23.1. The highest BCUT2D eigenvalue weighted by Crippen LogP contribution is 2.30. The summed E-state index contributed by atoms with van der Waals surface area (Å²) in [6, 6.07) is 23.6. The lowest BCUT2D eigenvalue weighted by Gasteiger charge is -2.09. The van der Waals surface area contributed by atoms with E-state index in [0.717, 1.165) is 29.3 Å². The van der Waals surface area contributed by atoms with Crippen molar-refractivity contribution in [2.24, 2.45) is 5.92 Å². The molecule has 0 radical (unpaired) electrons. The Balaban J connectivity index is 0.000000244. The predicted octanol–water partition coefficient (Wildman–Crippen LogP) is 11.6. The number of hydrogen-bond acceptors (Lipinski definition) is 1. The molecule has 0 aliphatic heterocycles. The lowest BCUT2D eigenvalue weighted by atomic mass is 9.96. The van der Waals surface area contributed by atoms with E-state index in [0.29, 0.717) is 0 Å². The van der Waals surface area contributed by atoms with Gasteiger partial charge in [0.15, 0.2) is 0 Å². The van der Waals surface area contributed by atoms with Crippen molar-refractivity contribution < 1.29 is 4.42 Å². The van der Waals surface area contributed by atoms with Crippen LogP contribution in [0, 0.1) is 26.7 Å². The van der Waals surface area contributed by atoms with Gasteiger partial charge in [-0.3, -0.25) is 0 Å². The van der Waals surface area contributed by atoms with Crippen LogP contribution in [-0.4, -0.2) is 0 Å². The predicted molar refractivity (Wildman–Crippen MR) is 166 cm³/mol. The quantitative estimate of drug-likeness (QED) is 0.260. The summed E-state index contributed by atoms with van der Waals surface area (Å²) in [4.78, 5) is 0. The summed E-state index contributed by atoms with van der Waals surface area (Å²) in [7, 11) is 0. The van der Waals surface area contributed by atoms with Crippen LogP contribution in [0.15, 0.2) is 83.8 Å². The van der Waals surface area contributed by atoms with Gasteiger partial charge in [-0.25, -0.2) is 0 Å². The number of benzene rings is 3. The normalized spacial score (nSPS) is 11.0. The fourth-order valence-corrected chi connectivity index (χ4v) is 4.31. The van der Waals surface area contributed by atoms with E-state index in [4.69, 9.17) is 4.42 Å². The van der Waals surface area contributed by atoms with Gasteiger partial charge in [-0.05, 0) is 98.9 Å². The van der Waals surface area contributed by atoms with Crippen molar-refractivity contribution >= 4 is 22.1 Å². The molecule has 1 heteroatoms. The lowest BCUT2D eigenvalue weighted by molar-refractivity contribution is 0.571. The Morgan fingerprint density at radius 1 is 0.865 bits per heavy atom. The number of fused-ring (bicyclic) bond motifs is 1. The van der Waals surface area contributed by atoms with Crippen LogP contribution >= 0.6 is 0 Å². The average molecular weight is 495 g/mol. The molecule has 0 fully saturated rings. The second-order valence-corrected chi connectivity index (χ2v) is 10.0. The van der Waals surface area contributed by atoms with Gasteiger partial charge in [-0.15, -0.1) is 0 Å². The number of rotatable bonds is 6. The van der Waals surface area contributed by atoms with E-state index in [1.807, 2.05) is 13.8 Å². The first-order chi connectivity index (χ1) is 17.7. The van der Waals surface area contributed by atoms with Crippen molar-refractivity contribution in [2.45, 2.75) is 75.2 Å². The highest BCUT2D eigenvalue weighted by molar-refractivity contribution is 5.84. The minimum absolute atomic E-state index is 0.728. The molecule has 0 saturated heterocycles. The van der Waals surface area contributed by atoms with Crippen molar-refractivity contribution in [3.8, 4) is 11.1 Å². The van der Waals surface area contributed by atoms with Crippen molar-refractivity contribution in [3.05, 3.63) is 107 Å². The molecule has 4 rings (SSSR count). The highest BCUT2D eigenvalue weighted by atomic mass is 16.3. The first kappa shape index (κ1) is 29.9. The van der Waals surface area contributed by atoms with Crippen LogP contribution in [0.5, 0.6) is 0 Å². The zero-order chi connectivity index (χ0) is 27.5. The molecule has 1 nitrogen and oxygen atoms in total. The van der Waals surface area contributed by atoms with Crippen LogP contribution in [-0.2, 0) is 0 Å². The minimum Gasteiger partial charge on any atom is -0.456 e. The van der Waals surface area contributed by atoms with Gasteiger partial charge < -0.3 is 4.42 Å². The lowest BCUT2D eigenvalue weighted by Crippen LogP contribution is -1.89. The fraction of sp³-hybridized carbons (Fsp3) is 0.333. The summed E-state index contributed by atoms with van der Waals surface area (Å²) in [5.74, 6) is 1.76. The summed E-state index contributed by atoms with van der Waals surface area (Å²) >= 11 is 0. The van der Waals surface area contributed by atoms with Gasteiger partial charge in [0.05, 0.1) is 0 Å². The molecule has 1 aromatic heterocycles. The Morgan fingerprint density at radius 3 is 2.14 bits per heavy atom. The van der Waals surface area contributed by atoms with Gasteiger partial charge in [0.2, 0.25) is 0 Å². The zero-order valence-electron chi connectivity index (χ0n) is 24.5. The highest BCUT2D eigenvalue weighted by Gasteiger charge is 2.10. The average Bonchev–Trinajstić information content (AvgIpc) is 3.31. The molecule has 3 aromatic carbocycles. The molecular weight excluding hydrogens is 448 g/mol. The van der Waals surface area contributed by atoms with Gasteiger partial charge in [0.1, 0.15) is 11.3 Å². The number of para-hydroxylation sites is 1. The van der Waals surface area contributed by atoms with E-state index in [-0.39, 0.29) is 0 Å². The smallest absolute Gasteiger partial charge is 0.137 e. The molecule has 4 aromatic rings. The van der Waals surface area contributed by atoms with Crippen LogP contribution in [0.3, 0.4) is 0 Å². The Morgan fingerprint density at radius 2 is 1.54 bits per heavy atom. The molecule has 0 aliphatic carbocycles. The van der Waals surface area contributed by atoms with Crippen LogP contribution < -0.4 is 0 Å². The summed E-state index contributed by atoms with van der Waals surface area (Å²) in [5.41, 5.74) is 11.0. The maximum Gasteiger partial charge on any atom is 0.137 e. The Hall–Kier alpha value is -3.32. The first-order valence-corrected chi connectivity index (χ1v) is 13.7. The third kappa shape index (κ3) is 8.35. The van der Waals surface area contributed by atoms with E-state index < -0.39 is 0 Å². The topological polar surface area (TPSA) is 13.1 Å². The maximum atomic E-state index is 6.02. The van der Waals surface area contributed by atoms with Crippen LogP contribution in [0.25, 0.3) is 33.2 Å². The number of aryl methyl sites for hydroxylation is 3. The zero-order valence-corrected chi connectivity index (χ0v) is 24.5. The van der Waals surface area contributed by atoms with E-state index >= 15 is 0 Å². The molecule has 0 N–H and O–H groups in total. The Kier molecular flexibility index (Phi) is 11.7. The molecule has 196 valence electrons. The Bertz CT molecular complexity index is 1330. The van der Waals surface area contributed by atoms with E-state index in [1.165, 1.54) is 50.8 Å². The molecule has 0 unspecified atom stereocenters. The van der Waals surface area contributed by atoms with Crippen molar-refractivity contribution in [1.82, 2.24) is 0 Å². The van der Waals surface area contributed by atoms with Gasteiger partial charge in [-0.1, -0.05) is 106 Å². The summed E-state index contributed by atoms with van der Waals surface area (Å²) in [6.07, 6.45) is 4.47.